The fourth-order valence-electron chi connectivity index (χ4n) is 4.13. The molecule has 0 saturated carbocycles. The summed E-state index contributed by atoms with van der Waals surface area (Å²) in [6.07, 6.45) is 7.01. The maximum absolute atomic E-state index is 9.30. The van der Waals surface area contributed by atoms with E-state index in [0.717, 1.165) is 56.1 Å². The highest BCUT2D eigenvalue weighted by atomic mass is 15.4. The van der Waals surface area contributed by atoms with Gasteiger partial charge in [-0.1, -0.05) is 0 Å². The number of aryl methyl sites for hydroxylation is 2. The summed E-state index contributed by atoms with van der Waals surface area (Å²) >= 11 is 0. The zero-order valence-corrected chi connectivity index (χ0v) is 14.5. The standard InChI is InChI=1S/C19H19N7/c20-12-15-4-2-8-21-18(15)25-9-6-13(7-10-25)19-23-22-17-11-14-3-1-5-16(14)24-26(17)19/h2,4,8,11,13H,1,3,5-7,9-10H2. The third kappa shape index (κ3) is 2.41. The number of fused-ring (bicyclic) bond motifs is 2. The highest BCUT2D eigenvalue weighted by molar-refractivity contribution is 5.53. The second kappa shape index (κ2) is 6.06. The van der Waals surface area contributed by atoms with Crippen molar-refractivity contribution in [2.75, 3.05) is 18.0 Å². The Kier molecular flexibility index (Phi) is 3.56. The minimum absolute atomic E-state index is 0.336. The van der Waals surface area contributed by atoms with Gasteiger partial charge >= 0.3 is 0 Å². The molecule has 1 fully saturated rings. The average Bonchev–Trinajstić information content (AvgIpc) is 3.32. The first kappa shape index (κ1) is 15.3. The maximum Gasteiger partial charge on any atom is 0.178 e. The number of nitriles is 1. The van der Waals surface area contributed by atoms with Gasteiger partial charge in [-0.3, -0.25) is 0 Å². The molecule has 3 aromatic heterocycles. The molecule has 0 aromatic carbocycles. The lowest BCUT2D eigenvalue weighted by Crippen LogP contribution is -2.34. The summed E-state index contributed by atoms with van der Waals surface area (Å²) in [7, 11) is 0. The number of piperidine rings is 1. The van der Waals surface area contributed by atoms with E-state index in [0.29, 0.717) is 11.5 Å². The first-order valence-electron chi connectivity index (χ1n) is 9.17. The van der Waals surface area contributed by atoms with Crippen molar-refractivity contribution in [2.24, 2.45) is 0 Å². The lowest BCUT2D eigenvalue weighted by Gasteiger charge is -2.32. The van der Waals surface area contributed by atoms with E-state index in [2.05, 4.69) is 32.2 Å². The van der Waals surface area contributed by atoms with Crippen LogP contribution in [-0.4, -0.2) is 37.9 Å². The minimum Gasteiger partial charge on any atom is -0.355 e. The first-order valence-corrected chi connectivity index (χ1v) is 9.17. The molecular formula is C19H19N7. The van der Waals surface area contributed by atoms with Gasteiger partial charge in [-0.2, -0.15) is 14.9 Å². The van der Waals surface area contributed by atoms with Gasteiger partial charge in [-0.05, 0) is 55.9 Å². The molecule has 0 radical (unpaired) electrons. The molecule has 130 valence electrons. The van der Waals surface area contributed by atoms with E-state index >= 15 is 0 Å². The summed E-state index contributed by atoms with van der Waals surface area (Å²) in [4.78, 5) is 6.61. The van der Waals surface area contributed by atoms with E-state index in [9.17, 15) is 5.26 Å². The molecule has 0 amide bonds. The predicted octanol–water partition coefficient (Wildman–Crippen LogP) is 2.26. The molecule has 1 aliphatic heterocycles. The van der Waals surface area contributed by atoms with Crippen LogP contribution in [0.3, 0.4) is 0 Å². The van der Waals surface area contributed by atoms with Crippen LogP contribution in [-0.2, 0) is 12.8 Å². The monoisotopic (exact) mass is 345 g/mol. The Bertz CT molecular complexity index is 1010. The third-order valence-corrected chi connectivity index (χ3v) is 5.51. The largest absolute Gasteiger partial charge is 0.355 e. The molecule has 5 rings (SSSR count). The van der Waals surface area contributed by atoms with Crippen LogP contribution >= 0.6 is 0 Å². The normalized spacial score (nSPS) is 17.4. The van der Waals surface area contributed by atoms with Crippen LogP contribution in [0.4, 0.5) is 5.82 Å². The molecule has 0 atom stereocenters. The highest BCUT2D eigenvalue weighted by Gasteiger charge is 2.27. The fraction of sp³-hybridized carbons (Fsp3) is 0.421. The number of hydrogen-bond donors (Lipinski definition) is 0. The Labute approximate surface area is 151 Å². The smallest absolute Gasteiger partial charge is 0.178 e. The lowest BCUT2D eigenvalue weighted by molar-refractivity contribution is 0.474. The number of aromatic nitrogens is 5. The van der Waals surface area contributed by atoms with Crippen molar-refractivity contribution in [3.8, 4) is 6.07 Å². The van der Waals surface area contributed by atoms with Gasteiger partial charge in [0.2, 0.25) is 0 Å². The molecule has 7 nitrogen and oxygen atoms in total. The van der Waals surface area contributed by atoms with Gasteiger partial charge in [0, 0.05) is 25.2 Å². The van der Waals surface area contributed by atoms with Gasteiger partial charge in [0.15, 0.2) is 11.5 Å². The number of hydrogen-bond acceptors (Lipinski definition) is 6. The summed E-state index contributed by atoms with van der Waals surface area (Å²) in [5.74, 6) is 2.09. The fourth-order valence-corrected chi connectivity index (χ4v) is 4.13. The van der Waals surface area contributed by atoms with Crippen molar-refractivity contribution < 1.29 is 0 Å². The molecule has 1 saturated heterocycles. The van der Waals surface area contributed by atoms with Gasteiger partial charge in [0.25, 0.3) is 0 Å². The molecule has 3 aromatic rings. The zero-order valence-electron chi connectivity index (χ0n) is 14.5. The Hall–Kier alpha value is -3.01. The Morgan fingerprint density at radius 2 is 2.04 bits per heavy atom. The van der Waals surface area contributed by atoms with E-state index < -0.39 is 0 Å². The molecule has 0 N–H and O–H groups in total. The average molecular weight is 345 g/mol. The van der Waals surface area contributed by atoms with Gasteiger partial charge < -0.3 is 4.90 Å². The quantitative estimate of drug-likeness (QED) is 0.708. The summed E-state index contributed by atoms with van der Waals surface area (Å²) in [6.45, 7) is 1.71. The molecular weight excluding hydrogens is 326 g/mol. The molecule has 1 aliphatic carbocycles. The Morgan fingerprint density at radius 1 is 1.15 bits per heavy atom. The Morgan fingerprint density at radius 3 is 2.88 bits per heavy atom. The molecule has 4 heterocycles. The van der Waals surface area contributed by atoms with Crippen molar-refractivity contribution >= 4 is 11.5 Å². The Balaban J connectivity index is 1.39. The van der Waals surface area contributed by atoms with Crippen LogP contribution in [0.5, 0.6) is 0 Å². The topological polar surface area (TPSA) is 83.0 Å². The number of pyridine rings is 1. The van der Waals surface area contributed by atoms with E-state index in [1.165, 1.54) is 17.7 Å². The number of rotatable bonds is 2. The summed E-state index contributed by atoms with van der Waals surface area (Å²) in [6, 6.07) is 8.02. The molecule has 2 aliphatic rings. The third-order valence-electron chi connectivity index (χ3n) is 5.51. The number of anilines is 1. The summed E-state index contributed by atoms with van der Waals surface area (Å²) < 4.78 is 1.95. The van der Waals surface area contributed by atoms with Crippen LogP contribution < -0.4 is 4.90 Å². The number of nitrogens with zero attached hydrogens (tertiary/aromatic N) is 7. The van der Waals surface area contributed by atoms with Gasteiger partial charge in [0.05, 0.1) is 11.3 Å². The second-order valence-corrected chi connectivity index (χ2v) is 7.05. The van der Waals surface area contributed by atoms with Crippen LogP contribution in [0.15, 0.2) is 24.4 Å². The van der Waals surface area contributed by atoms with E-state index in [1.54, 1.807) is 12.3 Å². The zero-order chi connectivity index (χ0) is 17.5. The van der Waals surface area contributed by atoms with Crippen molar-refractivity contribution in [3.05, 3.63) is 47.0 Å². The second-order valence-electron chi connectivity index (χ2n) is 7.05. The van der Waals surface area contributed by atoms with Crippen LogP contribution in [0.25, 0.3) is 5.65 Å². The van der Waals surface area contributed by atoms with Crippen molar-refractivity contribution in [2.45, 2.75) is 38.0 Å². The van der Waals surface area contributed by atoms with Gasteiger partial charge in [-0.15, -0.1) is 10.2 Å². The minimum atomic E-state index is 0.336. The first-order chi connectivity index (χ1) is 12.8. The van der Waals surface area contributed by atoms with Crippen molar-refractivity contribution in [3.63, 3.8) is 0 Å². The van der Waals surface area contributed by atoms with E-state index in [-0.39, 0.29) is 0 Å². The molecule has 7 heteroatoms. The van der Waals surface area contributed by atoms with Gasteiger partial charge in [-0.25, -0.2) is 4.98 Å². The SMILES string of the molecule is N#Cc1cccnc1N1CCC(c2nnc3cc4c(nn23)CCC4)CC1. The summed E-state index contributed by atoms with van der Waals surface area (Å²) in [5, 5.41) is 22.9. The molecule has 0 spiro atoms. The van der Waals surface area contributed by atoms with Crippen LogP contribution in [0, 0.1) is 11.3 Å². The van der Waals surface area contributed by atoms with Crippen LogP contribution in [0.2, 0.25) is 0 Å². The van der Waals surface area contributed by atoms with E-state index in [4.69, 9.17) is 5.10 Å². The highest BCUT2D eigenvalue weighted by Crippen LogP contribution is 2.30. The van der Waals surface area contributed by atoms with Crippen molar-refractivity contribution in [1.82, 2.24) is 24.8 Å². The van der Waals surface area contributed by atoms with Gasteiger partial charge in [0.1, 0.15) is 11.9 Å². The molecule has 0 bridgehead atoms. The predicted molar refractivity (Wildman–Crippen MR) is 95.9 cm³/mol. The van der Waals surface area contributed by atoms with E-state index in [1.807, 2.05) is 10.6 Å². The lowest BCUT2D eigenvalue weighted by atomic mass is 9.96. The molecule has 0 unspecified atom stereocenters. The summed E-state index contributed by atoms with van der Waals surface area (Å²) in [5.41, 5.74) is 4.02. The molecule has 26 heavy (non-hydrogen) atoms. The van der Waals surface area contributed by atoms with Crippen LogP contribution in [0.1, 0.15) is 47.8 Å². The van der Waals surface area contributed by atoms with Crippen molar-refractivity contribution in [1.29, 1.82) is 5.26 Å². The maximum atomic E-state index is 9.30.